The van der Waals surface area contributed by atoms with Gasteiger partial charge in [0.25, 0.3) is 0 Å². The van der Waals surface area contributed by atoms with Gasteiger partial charge in [-0.15, -0.1) is 24.8 Å². The number of hydrogen-bond acceptors (Lipinski definition) is 4. The Morgan fingerprint density at radius 1 is 1.03 bits per heavy atom. The number of amides is 1. The summed E-state index contributed by atoms with van der Waals surface area (Å²) in [6.07, 6.45) is 5.51. The van der Waals surface area contributed by atoms with Crippen LogP contribution < -0.4 is 5.32 Å². The summed E-state index contributed by atoms with van der Waals surface area (Å²) < 4.78 is 5.90. The molecule has 3 aliphatic rings. The molecule has 4 rings (SSSR count). The molecule has 1 saturated carbocycles. The van der Waals surface area contributed by atoms with Crippen LogP contribution in [-0.2, 0) is 16.1 Å². The Morgan fingerprint density at radius 2 is 1.76 bits per heavy atom. The Hall–Kier alpha value is -0.850. The number of benzene rings is 1. The van der Waals surface area contributed by atoms with Crippen molar-refractivity contribution in [3.63, 3.8) is 0 Å². The fraction of sp³-hybridized carbons (Fsp3) is 0.682. The molecule has 2 heterocycles. The van der Waals surface area contributed by atoms with Crippen molar-refractivity contribution in [3.05, 3.63) is 35.9 Å². The van der Waals surface area contributed by atoms with Crippen LogP contribution >= 0.6 is 24.8 Å². The van der Waals surface area contributed by atoms with Gasteiger partial charge in [0, 0.05) is 38.8 Å². The van der Waals surface area contributed by atoms with E-state index in [4.69, 9.17) is 4.74 Å². The summed E-state index contributed by atoms with van der Waals surface area (Å²) in [6.45, 7) is 6.40. The highest BCUT2D eigenvalue weighted by Crippen LogP contribution is 2.28. The summed E-state index contributed by atoms with van der Waals surface area (Å²) >= 11 is 0. The largest absolute Gasteiger partial charge is 0.375 e. The predicted octanol–water partition coefficient (Wildman–Crippen LogP) is 3.11. The van der Waals surface area contributed by atoms with Gasteiger partial charge >= 0.3 is 0 Å². The predicted molar refractivity (Wildman–Crippen MR) is 121 cm³/mol. The first-order chi connectivity index (χ1) is 13.3. The molecule has 1 aromatic rings. The standard InChI is InChI=1S/C22H33N3O2.2ClH/c26-22(25-10-8-20(9-11-25)23-15-18-6-7-18)14-21-17-24(12-13-27-21)16-19-4-2-1-3-5-19;;/h1-5,18,20-21,23H,6-17H2;2*1H. The molecule has 1 atom stereocenters. The molecule has 7 heteroatoms. The molecule has 0 bridgehead atoms. The molecule has 3 fully saturated rings. The number of ether oxygens (including phenoxy) is 1. The number of halogens is 2. The number of carbonyl (C=O) groups is 1. The van der Waals surface area contributed by atoms with Crippen LogP contribution in [0.1, 0.15) is 37.7 Å². The lowest BCUT2D eigenvalue weighted by molar-refractivity contribution is -0.137. The number of carbonyl (C=O) groups excluding carboxylic acids is 1. The minimum absolute atomic E-state index is 0. The van der Waals surface area contributed by atoms with Crippen LogP contribution in [0, 0.1) is 5.92 Å². The van der Waals surface area contributed by atoms with Crippen LogP contribution in [0.25, 0.3) is 0 Å². The van der Waals surface area contributed by atoms with Gasteiger partial charge in [-0.25, -0.2) is 0 Å². The molecule has 1 aliphatic carbocycles. The summed E-state index contributed by atoms with van der Waals surface area (Å²) in [7, 11) is 0. The maximum absolute atomic E-state index is 12.7. The Morgan fingerprint density at radius 3 is 2.45 bits per heavy atom. The molecule has 1 unspecified atom stereocenters. The quantitative estimate of drug-likeness (QED) is 0.702. The van der Waals surface area contributed by atoms with E-state index < -0.39 is 0 Å². The fourth-order valence-corrected chi connectivity index (χ4v) is 4.20. The van der Waals surface area contributed by atoms with Gasteiger partial charge < -0.3 is 15.0 Å². The van der Waals surface area contributed by atoms with Crippen molar-refractivity contribution in [2.24, 2.45) is 5.92 Å². The molecule has 5 nitrogen and oxygen atoms in total. The first-order valence-electron chi connectivity index (χ1n) is 10.7. The zero-order valence-corrected chi connectivity index (χ0v) is 18.8. The molecule has 0 spiro atoms. The molecule has 0 radical (unpaired) electrons. The zero-order valence-electron chi connectivity index (χ0n) is 17.1. The molecular formula is C22H35Cl2N3O2. The van der Waals surface area contributed by atoms with Crippen molar-refractivity contribution in [2.45, 2.75) is 50.8 Å². The first kappa shape index (κ1) is 24.4. The first-order valence-corrected chi connectivity index (χ1v) is 10.7. The molecule has 2 saturated heterocycles. The lowest BCUT2D eigenvalue weighted by Gasteiger charge is -2.36. The van der Waals surface area contributed by atoms with Gasteiger partial charge in [-0.1, -0.05) is 30.3 Å². The van der Waals surface area contributed by atoms with Gasteiger partial charge in [0.1, 0.15) is 0 Å². The van der Waals surface area contributed by atoms with Gasteiger partial charge in [0.2, 0.25) is 5.91 Å². The number of hydrogen-bond donors (Lipinski definition) is 1. The SMILES string of the molecule is Cl.Cl.O=C(CC1CN(Cc2ccccc2)CCO1)N1CCC(NCC2CC2)CC1. The minimum atomic E-state index is 0. The number of nitrogens with one attached hydrogen (secondary N) is 1. The van der Waals surface area contributed by atoms with Gasteiger partial charge in [-0.05, 0) is 43.7 Å². The highest BCUT2D eigenvalue weighted by atomic mass is 35.5. The molecule has 1 N–H and O–H groups in total. The molecule has 2 aliphatic heterocycles. The van der Waals surface area contributed by atoms with E-state index in [1.807, 2.05) is 0 Å². The van der Waals surface area contributed by atoms with Crippen LogP contribution in [0.5, 0.6) is 0 Å². The van der Waals surface area contributed by atoms with Crippen LogP contribution in [-0.4, -0.2) is 67.2 Å². The lowest BCUT2D eigenvalue weighted by atomic mass is 10.0. The summed E-state index contributed by atoms with van der Waals surface area (Å²) in [5.41, 5.74) is 1.32. The second-order valence-electron chi connectivity index (χ2n) is 8.42. The maximum atomic E-state index is 12.7. The molecular weight excluding hydrogens is 409 g/mol. The van der Waals surface area contributed by atoms with Crippen molar-refractivity contribution in [2.75, 3.05) is 39.3 Å². The van der Waals surface area contributed by atoms with E-state index in [9.17, 15) is 4.79 Å². The molecule has 0 aromatic heterocycles. The average molecular weight is 444 g/mol. The highest BCUT2D eigenvalue weighted by Gasteiger charge is 2.28. The second-order valence-corrected chi connectivity index (χ2v) is 8.42. The van der Waals surface area contributed by atoms with Crippen molar-refractivity contribution >= 4 is 30.7 Å². The zero-order chi connectivity index (χ0) is 18.5. The number of piperidine rings is 1. The number of nitrogens with zero attached hydrogens (tertiary/aromatic N) is 2. The van der Waals surface area contributed by atoms with Crippen LogP contribution in [0.4, 0.5) is 0 Å². The van der Waals surface area contributed by atoms with Crippen molar-refractivity contribution in [3.8, 4) is 0 Å². The Labute approximate surface area is 187 Å². The van der Waals surface area contributed by atoms with Gasteiger partial charge in [0.05, 0.1) is 19.1 Å². The van der Waals surface area contributed by atoms with E-state index >= 15 is 0 Å². The topological polar surface area (TPSA) is 44.8 Å². The summed E-state index contributed by atoms with van der Waals surface area (Å²) in [5, 5.41) is 3.68. The summed E-state index contributed by atoms with van der Waals surface area (Å²) in [6, 6.07) is 11.1. The van der Waals surface area contributed by atoms with Gasteiger partial charge in [-0.2, -0.15) is 0 Å². The second kappa shape index (κ2) is 12.1. The van der Waals surface area contributed by atoms with Crippen molar-refractivity contribution in [1.29, 1.82) is 0 Å². The Kier molecular flexibility index (Phi) is 10.2. The van der Waals surface area contributed by atoms with E-state index in [1.54, 1.807) is 0 Å². The summed E-state index contributed by atoms with van der Waals surface area (Å²) in [5.74, 6) is 1.19. The van der Waals surface area contributed by atoms with E-state index in [2.05, 4.69) is 45.4 Å². The molecule has 29 heavy (non-hydrogen) atoms. The Bertz CT molecular complexity index is 607. The summed E-state index contributed by atoms with van der Waals surface area (Å²) in [4.78, 5) is 17.2. The monoisotopic (exact) mass is 443 g/mol. The average Bonchev–Trinajstić information content (AvgIpc) is 3.52. The van der Waals surface area contributed by atoms with Crippen LogP contribution in [0.15, 0.2) is 30.3 Å². The number of morpholine rings is 1. The van der Waals surface area contributed by atoms with Gasteiger partial charge in [0.15, 0.2) is 0 Å². The fourth-order valence-electron chi connectivity index (χ4n) is 4.20. The minimum Gasteiger partial charge on any atom is -0.375 e. The third kappa shape index (κ3) is 7.72. The number of rotatable bonds is 7. The van der Waals surface area contributed by atoms with Crippen LogP contribution in [0.2, 0.25) is 0 Å². The molecule has 164 valence electrons. The maximum Gasteiger partial charge on any atom is 0.225 e. The van der Waals surface area contributed by atoms with E-state index in [-0.39, 0.29) is 36.8 Å². The third-order valence-electron chi connectivity index (χ3n) is 6.11. The van der Waals surface area contributed by atoms with Crippen molar-refractivity contribution < 1.29 is 9.53 Å². The number of likely N-dealkylation sites (tertiary alicyclic amines) is 1. The van der Waals surface area contributed by atoms with E-state index in [0.717, 1.165) is 58.1 Å². The van der Waals surface area contributed by atoms with E-state index in [0.29, 0.717) is 12.5 Å². The smallest absolute Gasteiger partial charge is 0.225 e. The van der Waals surface area contributed by atoms with Crippen LogP contribution in [0.3, 0.4) is 0 Å². The third-order valence-corrected chi connectivity index (χ3v) is 6.11. The Balaban J connectivity index is 0.00000150. The van der Waals surface area contributed by atoms with Gasteiger partial charge in [-0.3, -0.25) is 9.69 Å². The molecule has 1 aromatic carbocycles. The highest BCUT2D eigenvalue weighted by molar-refractivity contribution is 5.85. The van der Waals surface area contributed by atoms with Crippen molar-refractivity contribution in [1.82, 2.24) is 15.1 Å². The van der Waals surface area contributed by atoms with E-state index in [1.165, 1.54) is 24.9 Å². The normalized spacial score (nSPS) is 23.2. The molecule has 1 amide bonds. The lowest BCUT2D eigenvalue weighted by Crippen LogP contribution is -2.48.